The zero-order valence-electron chi connectivity index (χ0n) is 16.4. The van der Waals surface area contributed by atoms with Crippen LogP contribution in [0.2, 0.25) is 0 Å². The lowest BCUT2D eigenvalue weighted by Crippen LogP contribution is -2.38. The molecule has 3 aliphatic rings. The van der Waals surface area contributed by atoms with Crippen LogP contribution in [0.15, 0.2) is 51.6 Å². The van der Waals surface area contributed by atoms with E-state index >= 15 is 0 Å². The Labute approximate surface area is 173 Å². The maximum absolute atomic E-state index is 14.8. The van der Waals surface area contributed by atoms with Crippen LogP contribution in [0.5, 0.6) is 0 Å². The predicted octanol–water partition coefficient (Wildman–Crippen LogP) is 3.59. The average molecular weight is 415 g/mol. The summed E-state index contributed by atoms with van der Waals surface area (Å²) in [5, 5.41) is 2.50. The standard InChI is InChI=1S/C21H22FN3O3S/c1-13-18(20(27)28-2)19(15-7-3-4-8-16(15)22)25-14(12-29-21(25)23-13)11-17(26)24-9-5-6-10-24/h3-4,7-8,12,19H,5-6,9-11H2,1-2H3. The van der Waals surface area contributed by atoms with Crippen molar-refractivity contribution in [3.8, 4) is 0 Å². The Morgan fingerprint density at radius 2 is 2.00 bits per heavy atom. The van der Waals surface area contributed by atoms with Crippen molar-refractivity contribution in [3.05, 3.63) is 58.0 Å². The van der Waals surface area contributed by atoms with Crippen molar-refractivity contribution in [2.75, 3.05) is 20.2 Å². The van der Waals surface area contributed by atoms with Crippen molar-refractivity contribution in [3.63, 3.8) is 0 Å². The van der Waals surface area contributed by atoms with Gasteiger partial charge in [-0.2, -0.15) is 0 Å². The van der Waals surface area contributed by atoms with E-state index in [0.717, 1.165) is 25.9 Å². The number of likely N-dealkylation sites (tertiary alicyclic amines) is 1. The predicted molar refractivity (Wildman–Crippen MR) is 109 cm³/mol. The Morgan fingerprint density at radius 3 is 2.69 bits per heavy atom. The Balaban J connectivity index is 1.74. The normalized spacial score (nSPS) is 21.1. The summed E-state index contributed by atoms with van der Waals surface area (Å²) < 4.78 is 19.8. The molecule has 1 unspecified atom stereocenters. The highest BCUT2D eigenvalue weighted by Gasteiger charge is 2.42. The van der Waals surface area contributed by atoms with Crippen LogP contribution < -0.4 is 0 Å². The van der Waals surface area contributed by atoms with E-state index in [-0.39, 0.29) is 17.9 Å². The average Bonchev–Trinajstić information content (AvgIpc) is 3.37. The van der Waals surface area contributed by atoms with Gasteiger partial charge in [0, 0.05) is 24.4 Å². The SMILES string of the molecule is COC(=O)C1=C(C)N=C2SC=C(CC(=O)N3CCCC3)N2C1c1ccccc1F. The number of methoxy groups -OCH3 is 1. The van der Waals surface area contributed by atoms with E-state index in [0.29, 0.717) is 22.1 Å². The van der Waals surface area contributed by atoms with Gasteiger partial charge in [-0.25, -0.2) is 14.2 Å². The first-order valence-electron chi connectivity index (χ1n) is 9.56. The fourth-order valence-electron chi connectivity index (χ4n) is 3.97. The van der Waals surface area contributed by atoms with Crippen LogP contribution in [0.1, 0.15) is 37.8 Å². The molecule has 29 heavy (non-hydrogen) atoms. The molecule has 8 heteroatoms. The molecule has 0 aromatic heterocycles. The van der Waals surface area contributed by atoms with E-state index in [9.17, 15) is 14.0 Å². The molecule has 1 aromatic rings. The molecule has 6 nitrogen and oxygen atoms in total. The minimum atomic E-state index is -0.733. The fraction of sp³-hybridized carbons (Fsp3) is 0.381. The number of benzene rings is 1. The lowest BCUT2D eigenvalue weighted by atomic mass is 9.93. The summed E-state index contributed by atoms with van der Waals surface area (Å²) in [6.07, 6.45) is 2.22. The van der Waals surface area contributed by atoms with E-state index in [1.807, 2.05) is 10.3 Å². The third kappa shape index (κ3) is 3.57. The summed E-state index contributed by atoms with van der Waals surface area (Å²) in [6, 6.07) is 5.63. The third-order valence-electron chi connectivity index (χ3n) is 5.40. The molecule has 1 saturated heterocycles. The molecular weight excluding hydrogens is 393 g/mol. The third-order valence-corrected chi connectivity index (χ3v) is 6.29. The number of hydrogen-bond donors (Lipinski definition) is 0. The highest BCUT2D eigenvalue weighted by Crippen LogP contribution is 2.45. The number of carbonyl (C=O) groups is 2. The number of ether oxygens (including phenoxy) is 1. The quantitative estimate of drug-likeness (QED) is 0.704. The minimum Gasteiger partial charge on any atom is -0.466 e. The molecule has 0 saturated carbocycles. The molecule has 0 N–H and O–H groups in total. The second kappa shape index (κ2) is 8.02. The van der Waals surface area contributed by atoms with Gasteiger partial charge in [0.05, 0.1) is 30.8 Å². The lowest BCUT2D eigenvalue weighted by Gasteiger charge is -2.36. The van der Waals surface area contributed by atoms with Crippen LogP contribution in [-0.2, 0) is 14.3 Å². The minimum absolute atomic E-state index is 0.0359. The zero-order valence-corrected chi connectivity index (χ0v) is 17.2. The molecule has 0 radical (unpaired) electrons. The van der Waals surface area contributed by atoms with Crippen LogP contribution in [0.3, 0.4) is 0 Å². The second-order valence-electron chi connectivity index (χ2n) is 7.17. The largest absolute Gasteiger partial charge is 0.466 e. The summed E-state index contributed by atoms with van der Waals surface area (Å²) in [4.78, 5) is 33.5. The van der Waals surface area contributed by atoms with Gasteiger partial charge in [0.2, 0.25) is 5.91 Å². The number of thioether (sulfide) groups is 1. The number of rotatable bonds is 4. The maximum Gasteiger partial charge on any atom is 0.338 e. The van der Waals surface area contributed by atoms with E-state index in [1.54, 1.807) is 30.0 Å². The molecule has 0 spiro atoms. The zero-order chi connectivity index (χ0) is 20.5. The number of amides is 1. The number of amidine groups is 1. The molecule has 3 aliphatic heterocycles. The van der Waals surface area contributed by atoms with Crippen LogP contribution in [0, 0.1) is 5.82 Å². The summed E-state index contributed by atoms with van der Waals surface area (Å²) >= 11 is 1.38. The molecule has 1 atom stereocenters. The first kappa shape index (κ1) is 19.7. The monoisotopic (exact) mass is 415 g/mol. The van der Waals surface area contributed by atoms with E-state index in [1.165, 1.54) is 24.9 Å². The molecule has 1 amide bonds. The van der Waals surface area contributed by atoms with Crippen molar-refractivity contribution in [1.29, 1.82) is 0 Å². The number of halogens is 1. The second-order valence-corrected chi connectivity index (χ2v) is 8.01. The van der Waals surface area contributed by atoms with Crippen LogP contribution in [-0.4, -0.2) is 47.0 Å². The highest BCUT2D eigenvalue weighted by molar-refractivity contribution is 8.16. The number of carbonyl (C=O) groups excluding carboxylic acids is 2. The van der Waals surface area contributed by atoms with Crippen LogP contribution in [0.25, 0.3) is 0 Å². The molecule has 152 valence electrons. The van der Waals surface area contributed by atoms with Crippen molar-refractivity contribution >= 4 is 28.8 Å². The van der Waals surface area contributed by atoms with Crippen molar-refractivity contribution in [1.82, 2.24) is 9.80 Å². The Hall–Kier alpha value is -2.61. The highest BCUT2D eigenvalue weighted by atomic mass is 32.2. The van der Waals surface area contributed by atoms with Gasteiger partial charge in [-0.05, 0) is 31.2 Å². The van der Waals surface area contributed by atoms with Gasteiger partial charge in [-0.15, -0.1) is 0 Å². The fourth-order valence-corrected chi connectivity index (χ4v) is 4.93. The van der Waals surface area contributed by atoms with Gasteiger partial charge < -0.3 is 14.5 Å². The molecule has 0 bridgehead atoms. The van der Waals surface area contributed by atoms with Gasteiger partial charge in [0.1, 0.15) is 5.82 Å². The summed E-state index contributed by atoms with van der Waals surface area (Å²) in [6.45, 7) is 3.26. The Bertz CT molecular complexity index is 950. The number of nitrogens with zero attached hydrogens (tertiary/aromatic N) is 3. The molecule has 0 aliphatic carbocycles. The van der Waals surface area contributed by atoms with Gasteiger partial charge in [-0.3, -0.25) is 4.79 Å². The van der Waals surface area contributed by atoms with Gasteiger partial charge in [0.15, 0.2) is 5.17 Å². The van der Waals surface area contributed by atoms with E-state index < -0.39 is 17.8 Å². The molecular formula is C21H22FN3O3S. The van der Waals surface area contributed by atoms with Gasteiger partial charge in [-0.1, -0.05) is 30.0 Å². The molecule has 1 fully saturated rings. The number of fused-ring (bicyclic) bond motifs is 1. The number of hydrogen-bond acceptors (Lipinski definition) is 6. The Morgan fingerprint density at radius 1 is 1.28 bits per heavy atom. The van der Waals surface area contributed by atoms with Gasteiger partial charge >= 0.3 is 5.97 Å². The number of allylic oxidation sites excluding steroid dienone is 1. The topological polar surface area (TPSA) is 62.2 Å². The van der Waals surface area contributed by atoms with Crippen LogP contribution >= 0.6 is 11.8 Å². The van der Waals surface area contributed by atoms with Crippen LogP contribution in [0.4, 0.5) is 4.39 Å². The smallest absolute Gasteiger partial charge is 0.338 e. The van der Waals surface area contributed by atoms with E-state index in [2.05, 4.69) is 4.99 Å². The van der Waals surface area contributed by atoms with Gasteiger partial charge in [0.25, 0.3) is 0 Å². The van der Waals surface area contributed by atoms with Crippen molar-refractivity contribution < 1.29 is 18.7 Å². The van der Waals surface area contributed by atoms with Crippen molar-refractivity contribution in [2.24, 2.45) is 4.99 Å². The molecule has 4 rings (SSSR count). The summed E-state index contributed by atoms with van der Waals surface area (Å²) in [5.74, 6) is -0.940. The first-order chi connectivity index (χ1) is 14.0. The molecule has 3 heterocycles. The first-order valence-corrected chi connectivity index (χ1v) is 10.4. The Kier molecular flexibility index (Phi) is 5.45. The molecule has 1 aromatic carbocycles. The maximum atomic E-state index is 14.8. The lowest BCUT2D eigenvalue weighted by molar-refractivity contribution is -0.136. The number of aliphatic imine (C=N–C) groups is 1. The van der Waals surface area contributed by atoms with E-state index in [4.69, 9.17) is 4.74 Å². The summed E-state index contributed by atoms with van der Waals surface area (Å²) in [7, 11) is 1.30. The summed E-state index contributed by atoms with van der Waals surface area (Å²) in [5.41, 5.74) is 1.84. The number of esters is 1. The van der Waals surface area contributed by atoms with Crippen molar-refractivity contribution in [2.45, 2.75) is 32.2 Å².